The van der Waals surface area contributed by atoms with Gasteiger partial charge in [-0.1, -0.05) is 115 Å². The zero-order valence-electron chi connectivity index (χ0n) is 25.0. The monoisotopic (exact) mass is 637 g/mol. The molecule has 212 valence electrons. The number of aromatic nitrogens is 1. The molecular formula is C43H28BrN. The number of hydrogen-bond acceptors (Lipinski definition) is 0. The lowest BCUT2D eigenvalue weighted by molar-refractivity contribution is 0.662. The van der Waals surface area contributed by atoms with Crippen molar-refractivity contribution in [3.63, 3.8) is 0 Å². The summed E-state index contributed by atoms with van der Waals surface area (Å²) in [4.78, 5) is 0. The van der Waals surface area contributed by atoms with Crippen molar-refractivity contribution in [2.75, 3.05) is 0 Å². The Bertz CT molecular complexity index is 2730. The Morgan fingerprint density at radius 2 is 1.09 bits per heavy atom. The second-order valence-electron chi connectivity index (χ2n) is 13.1. The lowest BCUT2D eigenvalue weighted by Gasteiger charge is -2.23. The van der Waals surface area contributed by atoms with Gasteiger partial charge in [-0.3, -0.25) is 0 Å². The van der Waals surface area contributed by atoms with Crippen molar-refractivity contribution < 1.29 is 0 Å². The Morgan fingerprint density at radius 1 is 0.467 bits per heavy atom. The highest BCUT2D eigenvalue weighted by atomic mass is 79.9. The number of benzene rings is 8. The first-order valence-corrected chi connectivity index (χ1v) is 16.4. The fraction of sp³-hybridized carbons (Fsp3) is 0.0698. The number of halogens is 1. The van der Waals surface area contributed by atoms with Crippen molar-refractivity contribution in [2.24, 2.45) is 0 Å². The van der Waals surface area contributed by atoms with Gasteiger partial charge in [-0.2, -0.15) is 0 Å². The van der Waals surface area contributed by atoms with Crippen LogP contribution in [-0.2, 0) is 5.41 Å². The van der Waals surface area contributed by atoms with Gasteiger partial charge in [0, 0.05) is 26.3 Å². The zero-order valence-corrected chi connectivity index (χ0v) is 26.6. The van der Waals surface area contributed by atoms with Gasteiger partial charge >= 0.3 is 0 Å². The second kappa shape index (κ2) is 8.84. The fourth-order valence-corrected chi connectivity index (χ4v) is 8.63. The molecule has 10 rings (SSSR count). The summed E-state index contributed by atoms with van der Waals surface area (Å²) in [5.74, 6) is 0. The minimum absolute atomic E-state index is 0.159. The molecule has 0 radical (unpaired) electrons. The van der Waals surface area contributed by atoms with Gasteiger partial charge < -0.3 is 4.57 Å². The molecule has 0 amide bonds. The second-order valence-corrected chi connectivity index (χ2v) is 14.0. The van der Waals surface area contributed by atoms with Gasteiger partial charge in [-0.05, 0) is 114 Å². The zero-order chi connectivity index (χ0) is 30.0. The molecule has 0 fully saturated rings. The van der Waals surface area contributed by atoms with Crippen LogP contribution in [0, 0.1) is 0 Å². The third-order valence-corrected chi connectivity index (χ3v) is 10.9. The summed E-state index contributed by atoms with van der Waals surface area (Å²) in [6.45, 7) is 4.81. The first-order chi connectivity index (χ1) is 22.0. The molecule has 0 unspecified atom stereocenters. The molecule has 0 saturated carbocycles. The van der Waals surface area contributed by atoms with Gasteiger partial charge in [0.15, 0.2) is 0 Å². The van der Waals surface area contributed by atoms with Crippen molar-refractivity contribution >= 4 is 80.8 Å². The largest absolute Gasteiger partial charge is 0.309 e. The van der Waals surface area contributed by atoms with Crippen molar-refractivity contribution in [2.45, 2.75) is 19.3 Å². The molecule has 2 heteroatoms. The molecule has 0 atom stereocenters. The predicted molar refractivity (Wildman–Crippen MR) is 196 cm³/mol. The van der Waals surface area contributed by atoms with E-state index in [1.54, 1.807) is 0 Å². The summed E-state index contributed by atoms with van der Waals surface area (Å²) in [5, 5.41) is 13.1. The maximum Gasteiger partial charge on any atom is 0.0552 e. The SMILES string of the molecule is CC1(C)c2cc3c(cc2-c2cc4c5ccc(Br)cc5n(-c5ccccc5)c4cc21)c1ccccc1c1ccc2ccccc2c13. The molecule has 0 saturated heterocycles. The van der Waals surface area contributed by atoms with E-state index >= 15 is 0 Å². The van der Waals surface area contributed by atoms with E-state index in [0.717, 1.165) is 4.47 Å². The van der Waals surface area contributed by atoms with Crippen LogP contribution in [-0.4, -0.2) is 4.57 Å². The van der Waals surface area contributed by atoms with Crippen LogP contribution in [0.3, 0.4) is 0 Å². The van der Waals surface area contributed by atoms with Crippen LogP contribution in [0.25, 0.3) is 81.7 Å². The Labute approximate surface area is 269 Å². The van der Waals surface area contributed by atoms with E-state index < -0.39 is 0 Å². The number of nitrogens with zero attached hydrogens (tertiary/aromatic N) is 1. The molecule has 1 aromatic heterocycles. The summed E-state index contributed by atoms with van der Waals surface area (Å²) in [7, 11) is 0. The highest BCUT2D eigenvalue weighted by Gasteiger charge is 2.37. The van der Waals surface area contributed by atoms with Crippen molar-refractivity contribution in [3.8, 4) is 16.8 Å². The van der Waals surface area contributed by atoms with E-state index in [-0.39, 0.29) is 5.41 Å². The normalized spacial score (nSPS) is 13.8. The number of rotatable bonds is 1. The maximum atomic E-state index is 3.75. The van der Waals surface area contributed by atoms with Crippen LogP contribution in [0.5, 0.6) is 0 Å². The van der Waals surface area contributed by atoms with Gasteiger partial charge in [0.25, 0.3) is 0 Å². The molecular weight excluding hydrogens is 610 g/mol. The van der Waals surface area contributed by atoms with E-state index in [1.165, 1.54) is 92.8 Å². The van der Waals surface area contributed by atoms with E-state index in [1.807, 2.05) is 0 Å². The molecule has 45 heavy (non-hydrogen) atoms. The summed E-state index contributed by atoms with van der Waals surface area (Å²) in [5.41, 5.74) is 8.98. The Hall–Kier alpha value is -4.92. The van der Waals surface area contributed by atoms with Gasteiger partial charge in [0.2, 0.25) is 0 Å². The van der Waals surface area contributed by atoms with Crippen molar-refractivity contribution in [1.29, 1.82) is 0 Å². The molecule has 1 nitrogen and oxygen atoms in total. The van der Waals surface area contributed by atoms with Gasteiger partial charge in [-0.25, -0.2) is 0 Å². The number of fused-ring (bicyclic) bond motifs is 14. The Morgan fingerprint density at radius 3 is 1.89 bits per heavy atom. The smallest absolute Gasteiger partial charge is 0.0552 e. The molecule has 8 aromatic carbocycles. The lowest BCUT2D eigenvalue weighted by Crippen LogP contribution is -2.15. The average molecular weight is 639 g/mol. The topological polar surface area (TPSA) is 4.93 Å². The van der Waals surface area contributed by atoms with E-state index in [4.69, 9.17) is 0 Å². The van der Waals surface area contributed by atoms with Crippen LogP contribution in [0.15, 0.2) is 138 Å². The minimum Gasteiger partial charge on any atom is -0.309 e. The molecule has 0 spiro atoms. The van der Waals surface area contributed by atoms with Crippen LogP contribution in [0.1, 0.15) is 25.0 Å². The molecule has 1 heterocycles. The first-order valence-electron chi connectivity index (χ1n) is 15.6. The summed E-state index contributed by atoms with van der Waals surface area (Å²) in [6, 6.07) is 49.8. The molecule has 0 aliphatic heterocycles. The van der Waals surface area contributed by atoms with E-state index in [9.17, 15) is 0 Å². The minimum atomic E-state index is -0.159. The van der Waals surface area contributed by atoms with Crippen molar-refractivity contribution in [3.05, 3.63) is 149 Å². The van der Waals surface area contributed by atoms with E-state index in [0.29, 0.717) is 0 Å². The Balaban J connectivity index is 1.36. The summed E-state index contributed by atoms with van der Waals surface area (Å²) >= 11 is 3.75. The molecule has 1 aliphatic carbocycles. The predicted octanol–water partition coefficient (Wildman–Crippen LogP) is 12.5. The van der Waals surface area contributed by atoms with Crippen LogP contribution >= 0.6 is 15.9 Å². The first kappa shape index (κ1) is 25.4. The van der Waals surface area contributed by atoms with Gasteiger partial charge in [-0.15, -0.1) is 0 Å². The number of para-hydroxylation sites is 1. The molecule has 1 aliphatic rings. The van der Waals surface area contributed by atoms with Gasteiger partial charge in [0.05, 0.1) is 11.0 Å². The summed E-state index contributed by atoms with van der Waals surface area (Å²) in [6.07, 6.45) is 0. The molecule has 9 aromatic rings. The molecule has 0 bridgehead atoms. The quantitative estimate of drug-likeness (QED) is 0.158. The van der Waals surface area contributed by atoms with Crippen LogP contribution in [0.4, 0.5) is 0 Å². The average Bonchev–Trinajstić information content (AvgIpc) is 3.50. The van der Waals surface area contributed by atoms with Crippen molar-refractivity contribution in [1.82, 2.24) is 4.57 Å². The fourth-order valence-electron chi connectivity index (χ4n) is 8.28. The Kier molecular flexibility index (Phi) is 4.99. The lowest BCUT2D eigenvalue weighted by atomic mass is 9.80. The van der Waals surface area contributed by atoms with E-state index in [2.05, 4.69) is 168 Å². The maximum absolute atomic E-state index is 3.75. The molecule has 0 N–H and O–H groups in total. The van der Waals surface area contributed by atoms with Gasteiger partial charge in [0.1, 0.15) is 0 Å². The number of hydrogen-bond donors (Lipinski definition) is 0. The standard InChI is InChI=1S/C43H28BrN/c1-43(2)38-23-37-33(30-15-9-8-14-29(30)32-18-16-25-10-6-7-13-28(25)42(32)37)21-34(38)35-22-36-31-19-17-26(44)20-40(31)45(41(36)24-39(35)43)27-11-4-3-5-12-27/h3-24H,1-2H3. The van der Waals surface area contributed by atoms with Crippen LogP contribution < -0.4 is 0 Å². The highest BCUT2D eigenvalue weighted by molar-refractivity contribution is 9.10. The highest BCUT2D eigenvalue weighted by Crippen LogP contribution is 2.53. The third kappa shape index (κ3) is 3.33. The van der Waals surface area contributed by atoms with Crippen LogP contribution in [0.2, 0.25) is 0 Å². The summed E-state index contributed by atoms with van der Waals surface area (Å²) < 4.78 is 3.52. The third-order valence-electron chi connectivity index (χ3n) is 10.4.